The zero-order valence-corrected chi connectivity index (χ0v) is 12.5. The number of imidazole rings is 1. The molecule has 112 valence electrons. The number of nitrogens with one attached hydrogen (secondary N) is 1. The summed E-state index contributed by atoms with van der Waals surface area (Å²) in [6.07, 6.45) is 6.40. The highest BCUT2D eigenvalue weighted by molar-refractivity contribution is 5.92. The molecule has 3 rings (SSSR count). The number of carbonyl (C=O) groups excluding carboxylic acids is 1. The maximum Gasteiger partial charge on any atom is 0.272 e. The summed E-state index contributed by atoms with van der Waals surface area (Å²) in [4.78, 5) is 21.4. The smallest absolute Gasteiger partial charge is 0.272 e. The molecule has 1 N–H and O–H groups in total. The van der Waals surface area contributed by atoms with Crippen LogP contribution in [0.5, 0.6) is 0 Å². The summed E-state index contributed by atoms with van der Waals surface area (Å²) in [5, 5.41) is 4.52. The number of H-pyrrole nitrogens is 1. The Kier molecular flexibility index (Phi) is 3.77. The first kappa shape index (κ1) is 13.9. The van der Waals surface area contributed by atoms with Crippen LogP contribution in [0.4, 0.5) is 0 Å². The molecular formula is C15H21N5O. The van der Waals surface area contributed by atoms with Crippen molar-refractivity contribution in [2.45, 2.75) is 45.7 Å². The minimum absolute atomic E-state index is 0.0405. The van der Waals surface area contributed by atoms with Gasteiger partial charge in [-0.1, -0.05) is 0 Å². The molecule has 21 heavy (non-hydrogen) atoms. The fourth-order valence-electron chi connectivity index (χ4n) is 3.04. The highest BCUT2D eigenvalue weighted by Gasteiger charge is 2.28. The van der Waals surface area contributed by atoms with Crippen molar-refractivity contribution in [3.8, 4) is 0 Å². The van der Waals surface area contributed by atoms with E-state index >= 15 is 0 Å². The van der Waals surface area contributed by atoms with Crippen molar-refractivity contribution in [2.75, 3.05) is 6.54 Å². The second-order valence-electron chi connectivity index (χ2n) is 5.72. The van der Waals surface area contributed by atoms with Gasteiger partial charge in [0.15, 0.2) is 0 Å². The van der Waals surface area contributed by atoms with Crippen LogP contribution in [-0.4, -0.2) is 43.1 Å². The second kappa shape index (κ2) is 5.71. The Balaban J connectivity index is 1.78. The van der Waals surface area contributed by atoms with Crippen molar-refractivity contribution in [3.05, 3.63) is 35.7 Å². The topological polar surface area (TPSA) is 66.8 Å². The molecule has 0 bridgehead atoms. The van der Waals surface area contributed by atoms with E-state index in [1.54, 1.807) is 12.5 Å². The predicted octanol–water partition coefficient (Wildman–Crippen LogP) is 1.92. The van der Waals surface area contributed by atoms with E-state index in [0.717, 1.165) is 43.7 Å². The van der Waals surface area contributed by atoms with Gasteiger partial charge >= 0.3 is 0 Å². The summed E-state index contributed by atoms with van der Waals surface area (Å²) in [6, 6.07) is 2.27. The fourth-order valence-corrected chi connectivity index (χ4v) is 3.04. The third kappa shape index (κ3) is 2.84. The minimum Gasteiger partial charge on any atom is -0.341 e. The first-order valence-electron chi connectivity index (χ1n) is 7.45. The Morgan fingerprint density at radius 2 is 2.29 bits per heavy atom. The third-order valence-corrected chi connectivity index (χ3v) is 4.10. The minimum atomic E-state index is 0.0405. The lowest BCUT2D eigenvalue weighted by Crippen LogP contribution is -2.46. The van der Waals surface area contributed by atoms with Crippen LogP contribution in [0.25, 0.3) is 0 Å². The second-order valence-corrected chi connectivity index (χ2v) is 5.72. The molecule has 1 amide bonds. The zero-order valence-electron chi connectivity index (χ0n) is 12.5. The SMILES string of the molecule is Cc1cc(C)n(CC2CCCCN2C(=O)c2cnc[nH]2)n1. The molecule has 0 spiro atoms. The van der Waals surface area contributed by atoms with Gasteiger partial charge in [-0.05, 0) is 39.2 Å². The third-order valence-electron chi connectivity index (χ3n) is 4.10. The fraction of sp³-hybridized carbons (Fsp3) is 0.533. The highest BCUT2D eigenvalue weighted by atomic mass is 16.2. The maximum atomic E-state index is 12.6. The largest absolute Gasteiger partial charge is 0.341 e. The van der Waals surface area contributed by atoms with E-state index in [-0.39, 0.29) is 11.9 Å². The van der Waals surface area contributed by atoms with Gasteiger partial charge in [-0.2, -0.15) is 5.10 Å². The van der Waals surface area contributed by atoms with E-state index < -0.39 is 0 Å². The molecule has 0 radical (unpaired) electrons. The molecule has 2 aromatic rings. The first-order valence-corrected chi connectivity index (χ1v) is 7.45. The monoisotopic (exact) mass is 287 g/mol. The average Bonchev–Trinajstić information content (AvgIpc) is 3.09. The van der Waals surface area contributed by atoms with E-state index in [2.05, 4.69) is 28.1 Å². The molecule has 1 fully saturated rings. The van der Waals surface area contributed by atoms with Gasteiger partial charge < -0.3 is 9.88 Å². The Morgan fingerprint density at radius 3 is 2.95 bits per heavy atom. The summed E-state index contributed by atoms with van der Waals surface area (Å²) in [5.74, 6) is 0.0405. The zero-order chi connectivity index (χ0) is 14.8. The number of aromatic nitrogens is 4. The molecule has 1 aliphatic heterocycles. The lowest BCUT2D eigenvalue weighted by molar-refractivity contribution is 0.0577. The number of hydrogen-bond acceptors (Lipinski definition) is 3. The van der Waals surface area contributed by atoms with Gasteiger partial charge in [0.25, 0.3) is 5.91 Å². The van der Waals surface area contributed by atoms with Crippen LogP contribution in [0.3, 0.4) is 0 Å². The van der Waals surface area contributed by atoms with Crippen molar-refractivity contribution in [3.63, 3.8) is 0 Å². The van der Waals surface area contributed by atoms with E-state index in [1.165, 1.54) is 0 Å². The Hall–Kier alpha value is -2.11. The first-order chi connectivity index (χ1) is 10.1. The van der Waals surface area contributed by atoms with Crippen molar-refractivity contribution >= 4 is 5.91 Å². The van der Waals surface area contributed by atoms with Gasteiger partial charge in [0.05, 0.1) is 30.8 Å². The van der Waals surface area contributed by atoms with Crippen molar-refractivity contribution in [2.24, 2.45) is 0 Å². The van der Waals surface area contributed by atoms with Gasteiger partial charge in [-0.15, -0.1) is 0 Å². The van der Waals surface area contributed by atoms with E-state index in [9.17, 15) is 4.79 Å². The normalized spacial score (nSPS) is 19.0. The van der Waals surface area contributed by atoms with Crippen LogP contribution in [0.1, 0.15) is 41.1 Å². The van der Waals surface area contributed by atoms with Crippen LogP contribution in [0.15, 0.2) is 18.6 Å². The van der Waals surface area contributed by atoms with Gasteiger partial charge in [0.1, 0.15) is 5.69 Å². The molecule has 1 unspecified atom stereocenters. The van der Waals surface area contributed by atoms with Crippen LogP contribution < -0.4 is 0 Å². The molecule has 2 aromatic heterocycles. The number of amides is 1. The molecule has 0 aliphatic carbocycles. The van der Waals surface area contributed by atoms with Gasteiger partial charge in [0, 0.05) is 12.2 Å². The maximum absolute atomic E-state index is 12.6. The lowest BCUT2D eigenvalue weighted by Gasteiger charge is -2.35. The number of likely N-dealkylation sites (tertiary alicyclic amines) is 1. The molecule has 0 saturated carbocycles. The van der Waals surface area contributed by atoms with Crippen LogP contribution in [-0.2, 0) is 6.54 Å². The Morgan fingerprint density at radius 1 is 1.43 bits per heavy atom. The number of aryl methyl sites for hydroxylation is 2. The standard InChI is InChI=1S/C15H21N5O/c1-11-7-12(2)20(18-11)9-13-5-3-4-6-19(13)15(21)14-8-16-10-17-14/h7-8,10,13H,3-6,9H2,1-2H3,(H,16,17). The molecule has 0 aromatic carbocycles. The summed E-state index contributed by atoms with van der Waals surface area (Å²) < 4.78 is 2.01. The summed E-state index contributed by atoms with van der Waals surface area (Å²) in [5.41, 5.74) is 2.73. The van der Waals surface area contributed by atoms with Gasteiger partial charge in [-0.3, -0.25) is 9.48 Å². The molecule has 1 saturated heterocycles. The van der Waals surface area contributed by atoms with Crippen LogP contribution in [0, 0.1) is 13.8 Å². The Labute approximate surface area is 124 Å². The number of piperidine rings is 1. The Bertz CT molecular complexity index is 616. The highest BCUT2D eigenvalue weighted by Crippen LogP contribution is 2.21. The number of aromatic amines is 1. The molecule has 1 aliphatic rings. The summed E-state index contributed by atoms with van der Waals surface area (Å²) in [6.45, 7) is 5.63. The number of rotatable bonds is 3. The number of hydrogen-bond donors (Lipinski definition) is 1. The van der Waals surface area contributed by atoms with E-state index in [1.807, 2.05) is 16.5 Å². The van der Waals surface area contributed by atoms with Gasteiger partial charge in [0.2, 0.25) is 0 Å². The molecule has 6 heteroatoms. The quantitative estimate of drug-likeness (QED) is 0.938. The van der Waals surface area contributed by atoms with E-state index in [4.69, 9.17) is 0 Å². The van der Waals surface area contributed by atoms with Crippen LogP contribution in [0.2, 0.25) is 0 Å². The summed E-state index contributed by atoms with van der Waals surface area (Å²) >= 11 is 0. The number of nitrogens with zero attached hydrogens (tertiary/aromatic N) is 4. The summed E-state index contributed by atoms with van der Waals surface area (Å²) in [7, 11) is 0. The van der Waals surface area contributed by atoms with Crippen molar-refractivity contribution < 1.29 is 4.79 Å². The molecule has 1 atom stereocenters. The van der Waals surface area contributed by atoms with Crippen molar-refractivity contribution in [1.82, 2.24) is 24.6 Å². The average molecular weight is 287 g/mol. The molecular weight excluding hydrogens is 266 g/mol. The van der Waals surface area contributed by atoms with Crippen molar-refractivity contribution in [1.29, 1.82) is 0 Å². The molecule has 3 heterocycles. The van der Waals surface area contributed by atoms with E-state index in [0.29, 0.717) is 5.69 Å². The number of carbonyl (C=O) groups is 1. The predicted molar refractivity (Wildman–Crippen MR) is 79.0 cm³/mol. The van der Waals surface area contributed by atoms with Gasteiger partial charge in [-0.25, -0.2) is 4.98 Å². The van der Waals surface area contributed by atoms with Crippen LogP contribution >= 0.6 is 0 Å². The molecule has 6 nitrogen and oxygen atoms in total. The lowest BCUT2D eigenvalue weighted by atomic mass is 10.0.